The number of hydrogen-bond donors (Lipinski definition) is 0. The van der Waals surface area contributed by atoms with Crippen LogP contribution in [0.3, 0.4) is 0 Å². The van der Waals surface area contributed by atoms with Crippen LogP contribution in [-0.4, -0.2) is 20.6 Å². The summed E-state index contributed by atoms with van der Waals surface area (Å²) < 4.78 is 1.75. The fraction of sp³-hybridized carbons (Fsp3) is 0.333. The Morgan fingerprint density at radius 3 is 2.75 bits per heavy atom. The summed E-state index contributed by atoms with van der Waals surface area (Å²) in [5.41, 5.74) is 1.94. The maximum Gasteiger partial charge on any atom is 0.272 e. The number of rotatable bonds is 3. The summed E-state index contributed by atoms with van der Waals surface area (Å²) >= 11 is 3.27. The van der Waals surface area contributed by atoms with Crippen molar-refractivity contribution >= 4 is 23.5 Å². The Hall–Kier alpha value is -1.20. The van der Waals surface area contributed by atoms with Gasteiger partial charge in [0.15, 0.2) is 5.16 Å². The van der Waals surface area contributed by atoms with E-state index in [1.54, 1.807) is 28.1 Å². The molecule has 2 heterocycles. The maximum atomic E-state index is 12.8. The quantitative estimate of drug-likeness (QED) is 0.643. The molecule has 1 aliphatic heterocycles. The standard InChI is InChI=1S/C15H16N2OS2/c1-10(2)20-15-16-12-8-9-19-13(12)14(18)17(15)11-6-4-3-5-7-11/h3-7,10H,8-9H2,1-2H3. The lowest BCUT2D eigenvalue weighted by Gasteiger charge is -2.14. The van der Waals surface area contributed by atoms with E-state index in [-0.39, 0.29) is 5.56 Å². The first-order chi connectivity index (χ1) is 9.66. The molecule has 0 radical (unpaired) electrons. The molecule has 1 aliphatic rings. The molecule has 20 heavy (non-hydrogen) atoms. The zero-order chi connectivity index (χ0) is 14.1. The van der Waals surface area contributed by atoms with Crippen LogP contribution in [0.15, 0.2) is 45.2 Å². The van der Waals surface area contributed by atoms with E-state index < -0.39 is 0 Å². The molecule has 3 rings (SSSR count). The van der Waals surface area contributed by atoms with Crippen molar-refractivity contribution in [1.29, 1.82) is 0 Å². The first kappa shape index (κ1) is 13.8. The number of fused-ring (bicyclic) bond motifs is 1. The summed E-state index contributed by atoms with van der Waals surface area (Å²) in [5, 5.41) is 1.20. The molecule has 0 atom stereocenters. The van der Waals surface area contributed by atoms with Gasteiger partial charge in [-0.1, -0.05) is 43.8 Å². The molecule has 1 aromatic heterocycles. The van der Waals surface area contributed by atoms with Gasteiger partial charge in [0.1, 0.15) is 0 Å². The van der Waals surface area contributed by atoms with Crippen LogP contribution in [0.5, 0.6) is 0 Å². The molecule has 3 nitrogen and oxygen atoms in total. The second-order valence-corrected chi connectivity index (χ2v) is 7.56. The average molecular weight is 304 g/mol. The SMILES string of the molecule is CC(C)Sc1nc2c(c(=O)n1-c1ccccc1)SCC2. The third-order valence-corrected chi connectivity index (χ3v) is 5.09. The van der Waals surface area contributed by atoms with Crippen LogP contribution in [0.25, 0.3) is 5.69 Å². The molecule has 0 aliphatic carbocycles. The van der Waals surface area contributed by atoms with Crippen molar-refractivity contribution < 1.29 is 0 Å². The second-order valence-electron chi connectivity index (χ2n) is 4.91. The van der Waals surface area contributed by atoms with E-state index in [0.717, 1.165) is 33.6 Å². The van der Waals surface area contributed by atoms with Gasteiger partial charge in [0.2, 0.25) is 0 Å². The van der Waals surface area contributed by atoms with Gasteiger partial charge >= 0.3 is 0 Å². The molecule has 0 amide bonds. The van der Waals surface area contributed by atoms with Gasteiger partial charge in [-0.3, -0.25) is 9.36 Å². The highest BCUT2D eigenvalue weighted by atomic mass is 32.2. The number of thioether (sulfide) groups is 2. The molecule has 0 bridgehead atoms. The number of aryl methyl sites for hydroxylation is 1. The van der Waals surface area contributed by atoms with Crippen LogP contribution < -0.4 is 5.56 Å². The van der Waals surface area contributed by atoms with E-state index in [0.29, 0.717) is 5.25 Å². The summed E-state index contributed by atoms with van der Waals surface area (Å²) in [6.07, 6.45) is 0.899. The summed E-state index contributed by atoms with van der Waals surface area (Å²) in [7, 11) is 0. The molecular formula is C15H16N2OS2. The van der Waals surface area contributed by atoms with Crippen LogP contribution in [0.2, 0.25) is 0 Å². The first-order valence-corrected chi connectivity index (χ1v) is 8.54. The van der Waals surface area contributed by atoms with E-state index in [2.05, 4.69) is 13.8 Å². The molecule has 5 heteroatoms. The van der Waals surface area contributed by atoms with Crippen molar-refractivity contribution in [2.45, 2.75) is 35.6 Å². The second kappa shape index (κ2) is 5.66. The molecule has 0 spiro atoms. The highest BCUT2D eigenvalue weighted by molar-refractivity contribution is 8.00. The predicted octanol–water partition coefficient (Wildman–Crippen LogP) is 3.38. The van der Waals surface area contributed by atoms with Crippen molar-refractivity contribution in [2.75, 3.05) is 5.75 Å². The van der Waals surface area contributed by atoms with Crippen LogP contribution in [0.4, 0.5) is 0 Å². The number of nitrogens with zero attached hydrogens (tertiary/aromatic N) is 2. The Kier molecular flexibility index (Phi) is 3.89. The maximum absolute atomic E-state index is 12.8. The number of hydrogen-bond acceptors (Lipinski definition) is 4. The Bertz CT molecular complexity index is 680. The summed E-state index contributed by atoms with van der Waals surface area (Å²) in [6.45, 7) is 4.24. The zero-order valence-electron chi connectivity index (χ0n) is 11.5. The zero-order valence-corrected chi connectivity index (χ0v) is 13.1. The van der Waals surface area contributed by atoms with Gasteiger partial charge in [-0.25, -0.2) is 4.98 Å². The fourth-order valence-electron chi connectivity index (χ4n) is 2.19. The topological polar surface area (TPSA) is 34.9 Å². The molecule has 1 aromatic carbocycles. The highest BCUT2D eigenvalue weighted by Crippen LogP contribution is 2.30. The van der Waals surface area contributed by atoms with Gasteiger partial charge in [0, 0.05) is 17.4 Å². The van der Waals surface area contributed by atoms with Crippen molar-refractivity contribution in [3.63, 3.8) is 0 Å². The fourth-order valence-corrected chi connectivity index (χ4v) is 4.09. The number of aromatic nitrogens is 2. The van der Waals surface area contributed by atoms with Crippen LogP contribution in [0.1, 0.15) is 19.5 Å². The van der Waals surface area contributed by atoms with Crippen LogP contribution >= 0.6 is 23.5 Å². The van der Waals surface area contributed by atoms with Gasteiger partial charge in [0.05, 0.1) is 16.3 Å². The Balaban J connectivity index is 2.23. The number of benzene rings is 1. The Labute approximate surface area is 126 Å². The molecule has 0 fully saturated rings. The third kappa shape index (κ3) is 2.52. The summed E-state index contributed by atoms with van der Waals surface area (Å²) in [4.78, 5) is 18.3. The lowest BCUT2D eigenvalue weighted by molar-refractivity contribution is 0.737. The van der Waals surface area contributed by atoms with Gasteiger partial charge in [-0.15, -0.1) is 11.8 Å². The molecule has 0 saturated carbocycles. The van der Waals surface area contributed by atoms with E-state index in [4.69, 9.17) is 4.98 Å². The lowest BCUT2D eigenvalue weighted by atomic mass is 10.3. The Morgan fingerprint density at radius 2 is 2.05 bits per heavy atom. The first-order valence-electron chi connectivity index (χ1n) is 6.67. The molecule has 104 valence electrons. The Morgan fingerprint density at radius 1 is 1.30 bits per heavy atom. The molecule has 0 unspecified atom stereocenters. The van der Waals surface area contributed by atoms with Gasteiger partial charge in [0.25, 0.3) is 5.56 Å². The van der Waals surface area contributed by atoms with Gasteiger partial charge < -0.3 is 0 Å². The van der Waals surface area contributed by atoms with Crippen molar-refractivity contribution in [3.8, 4) is 5.69 Å². The number of para-hydroxylation sites is 1. The van der Waals surface area contributed by atoms with E-state index in [1.165, 1.54) is 0 Å². The minimum atomic E-state index is 0.0758. The lowest BCUT2D eigenvalue weighted by Crippen LogP contribution is -2.24. The largest absolute Gasteiger partial charge is 0.272 e. The average Bonchev–Trinajstić information content (AvgIpc) is 2.88. The normalized spacial score (nSPS) is 13.8. The van der Waals surface area contributed by atoms with Gasteiger partial charge in [-0.2, -0.15) is 0 Å². The minimum Gasteiger partial charge on any atom is -0.268 e. The summed E-state index contributed by atoms with van der Waals surface area (Å²) in [5.74, 6) is 0.960. The molecule has 2 aromatic rings. The van der Waals surface area contributed by atoms with E-state index in [1.807, 2.05) is 30.3 Å². The highest BCUT2D eigenvalue weighted by Gasteiger charge is 2.22. The molecule has 0 N–H and O–H groups in total. The van der Waals surface area contributed by atoms with Crippen molar-refractivity contribution in [2.24, 2.45) is 0 Å². The molecular weight excluding hydrogens is 288 g/mol. The monoisotopic (exact) mass is 304 g/mol. The van der Waals surface area contributed by atoms with Crippen LogP contribution in [-0.2, 0) is 6.42 Å². The van der Waals surface area contributed by atoms with Crippen molar-refractivity contribution in [3.05, 3.63) is 46.4 Å². The predicted molar refractivity (Wildman–Crippen MR) is 85.3 cm³/mol. The minimum absolute atomic E-state index is 0.0758. The van der Waals surface area contributed by atoms with Crippen molar-refractivity contribution in [1.82, 2.24) is 9.55 Å². The molecule has 0 saturated heterocycles. The summed E-state index contributed by atoms with van der Waals surface area (Å²) in [6, 6.07) is 9.77. The smallest absolute Gasteiger partial charge is 0.268 e. The van der Waals surface area contributed by atoms with E-state index in [9.17, 15) is 4.79 Å². The van der Waals surface area contributed by atoms with Crippen LogP contribution in [0, 0.1) is 0 Å². The van der Waals surface area contributed by atoms with E-state index >= 15 is 0 Å². The van der Waals surface area contributed by atoms with Gasteiger partial charge in [-0.05, 0) is 12.1 Å². The third-order valence-electron chi connectivity index (χ3n) is 3.02.